The second-order valence-electron chi connectivity index (χ2n) is 4.84. The highest BCUT2D eigenvalue weighted by atomic mass is 16.5. The fourth-order valence-corrected chi connectivity index (χ4v) is 2.82. The summed E-state index contributed by atoms with van der Waals surface area (Å²) in [4.78, 5) is 11.8. The summed E-state index contributed by atoms with van der Waals surface area (Å²) in [5.74, 6) is 1.77. The number of amides is 1. The van der Waals surface area contributed by atoms with Crippen molar-refractivity contribution in [3.63, 3.8) is 0 Å². The van der Waals surface area contributed by atoms with Crippen LogP contribution in [0.2, 0.25) is 0 Å². The van der Waals surface area contributed by atoms with Crippen LogP contribution in [0.4, 0.5) is 0 Å². The van der Waals surface area contributed by atoms with E-state index in [2.05, 4.69) is 5.32 Å². The molecule has 0 unspecified atom stereocenters. The zero-order valence-electron chi connectivity index (χ0n) is 9.66. The molecule has 3 heteroatoms. The first-order valence-corrected chi connectivity index (χ1v) is 6.09. The molecular formula is C12H21NO2. The van der Waals surface area contributed by atoms with Crippen molar-refractivity contribution in [2.75, 3.05) is 7.11 Å². The lowest BCUT2D eigenvalue weighted by Gasteiger charge is -2.24. The number of hydrogen-bond acceptors (Lipinski definition) is 2. The van der Waals surface area contributed by atoms with Crippen LogP contribution >= 0.6 is 0 Å². The SMILES string of the molecule is CC[C@@H](OC)C(=O)N[C@@H]1CCC[C@H]2C[C@H]21. The van der Waals surface area contributed by atoms with Gasteiger partial charge in [0.15, 0.2) is 0 Å². The summed E-state index contributed by atoms with van der Waals surface area (Å²) >= 11 is 0. The lowest BCUT2D eigenvalue weighted by atomic mass is 9.95. The van der Waals surface area contributed by atoms with Gasteiger partial charge in [0.2, 0.25) is 5.91 Å². The van der Waals surface area contributed by atoms with Gasteiger partial charge in [-0.2, -0.15) is 0 Å². The second kappa shape index (κ2) is 4.52. The van der Waals surface area contributed by atoms with Gasteiger partial charge >= 0.3 is 0 Å². The minimum Gasteiger partial charge on any atom is -0.372 e. The van der Waals surface area contributed by atoms with Gasteiger partial charge in [-0.3, -0.25) is 4.79 Å². The van der Waals surface area contributed by atoms with E-state index < -0.39 is 0 Å². The third kappa shape index (κ3) is 2.33. The van der Waals surface area contributed by atoms with Crippen molar-refractivity contribution in [3.8, 4) is 0 Å². The smallest absolute Gasteiger partial charge is 0.249 e. The molecule has 1 N–H and O–H groups in total. The summed E-state index contributed by atoms with van der Waals surface area (Å²) in [6, 6.07) is 0.431. The van der Waals surface area contributed by atoms with Crippen LogP contribution in [0.15, 0.2) is 0 Å². The van der Waals surface area contributed by atoms with Gasteiger partial charge in [0.1, 0.15) is 6.10 Å². The molecule has 0 aliphatic heterocycles. The maximum absolute atomic E-state index is 11.8. The highest BCUT2D eigenvalue weighted by molar-refractivity contribution is 5.81. The number of methoxy groups -OCH3 is 1. The van der Waals surface area contributed by atoms with Crippen LogP contribution in [0, 0.1) is 11.8 Å². The summed E-state index contributed by atoms with van der Waals surface area (Å²) < 4.78 is 5.14. The molecule has 86 valence electrons. The second-order valence-corrected chi connectivity index (χ2v) is 4.84. The quantitative estimate of drug-likeness (QED) is 0.769. The van der Waals surface area contributed by atoms with E-state index in [4.69, 9.17) is 4.74 Å². The van der Waals surface area contributed by atoms with Gasteiger partial charge in [-0.15, -0.1) is 0 Å². The molecule has 0 aromatic rings. The van der Waals surface area contributed by atoms with E-state index in [1.165, 1.54) is 19.3 Å². The zero-order valence-corrected chi connectivity index (χ0v) is 9.66. The normalized spacial score (nSPS) is 35.5. The minimum absolute atomic E-state index is 0.0811. The summed E-state index contributed by atoms with van der Waals surface area (Å²) in [5, 5.41) is 3.15. The number of ether oxygens (including phenoxy) is 1. The Morgan fingerprint density at radius 3 is 3.00 bits per heavy atom. The Morgan fingerprint density at radius 1 is 1.53 bits per heavy atom. The summed E-state index contributed by atoms with van der Waals surface area (Å²) in [5.41, 5.74) is 0. The topological polar surface area (TPSA) is 38.3 Å². The summed E-state index contributed by atoms with van der Waals surface area (Å²) in [6.07, 6.45) is 5.63. The third-order valence-corrected chi connectivity index (χ3v) is 3.86. The Balaban J connectivity index is 1.82. The molecule has 0 heterocycles. The maximum atomic E-state index is 11.8. The van der Waals surface area contributed by atoms with Crippen LogP contribution in [0.5, 0.6) is 0 Å². The average Bonchev–Trinajstić information content (AvgIpc) is 2.99. The van der Waals surface area contributed by atoms with Gasteiger partial charge in [0, 0.05) is 13.2 Å². The third-order valence-electron chi connectivity index (χ3n) is 3.86. The summed E-state index contributed by atoms with van der Waals surface area (Å²) in [7, 11) is 1.61. The number of rotatable bonds is 4. The molecule has 0 spiro atoms. The molecule has 3 nitrogen and oxygen atoms in total. The van der Waals surface area contributed by atoms with Crippen molar-refractivity contribution >= 4 is 5.91 Å². The van der Waals surface area contributed by atoms with E-state index in [1.54, 1.807) is 7.11 Å². The Kier molecular flexibility index (Phi) is 3.29. The van der Waals surface area contributed by atoms with Gasteiger partial charge in [0.05, 0.1) is 0 Å². The molecule has 1 amide bonds. The molecular weight excluding hydrogens is 190 g/mol. The van der Waals surface area contributed by atoms with E-state index in [9.17, 15) is 4.79 Å². The minimum atomic E-state index is -0.260. The molecule has 0 aromatic carbocycles. The molecule has 15 heavy (non-hydrogen) atoms. The Labute approximate surface area is 91.6 Å². The van der Waals surface area contributed by atoms with Crippen molar-refractivity contribution < 1.29 is 9.53 Å². The standard InChI is InChI=1S/C12H21NO2/c1-3-11(15-2)12(14)13-10-6-4-5-8-7-9(8)10/h8-11H,3-7H2,1-2H3,(H,13,14)/t8-,9+,10+,11+/m0/s1. The van der Waals surface area contributed by atoms with Crippen LogP contribution in [-0.2, 0) is 9.53 Å². The Morgan fingerprint density at radius 2 is 2.33 bits per heavy atom. The highest BCUT2D eigenvalue weighted by Gasteiger charge is 2.45. The summed E-state index contributed by atoms with van der Waals surface area (Å²) in [6.45, 7) is 1.98. The van der Waals surface area contributed by atoms with E-state index in [0.717, 1.165) is 24.7 Å². The van der Waals surface area contributed by atoms with E-state index >= 15 is 0 Å². The monoisotopic (exact) mass is 211 g/mol. The zero-order chi connectivity index (χ0) is 10.8. The number of fused-ring (bicyclic) bond motifs is 1. The van der Waals surface area contributed by atoms with Crippen molar-refractivity contribution in [2.45, 2.75) is 51.2 Å². The fraction of sp³-hybridized carbons (Fsp3) is 0.917. The van der Waals surface area contributed by atoms with Crippen molar-refractivity contribution in [1.82, 2.24) is 5.32 Å². The van der Waals surface area contributed by atoms with Crippen LogP contribution in [-0.4, -0.2) is 25.2 Å². The van der Waals surface area contributed by atoms with Crippen LogP contribution in [0.3, 0.4) is 0 Å². The Bertz CT molecular complexity index is 238. The molecule has 2 aliphatic carbocycles. The maximum Gasteiger partial charge on any atom is 0.249 e. The van der Waals surface area contributed by atoms with Crippen molar-refractivity contribution in [2.24, 2.45) is 11.8 Å². The average molecular weight is 211 g/mol. The molecule has 0 bridgehead atoms. The molecule has 0 saturated heterocycles. The first-order valence-electron chi connectivity index (χ1n) is 6.09. The van der Waals surface area contributed by atoms with Gasteiger partial charge in [-0.05, 0) is 31.1 Å². The molecule has 4 atom stereocenters. The van der Waals surface area contributed by atoms with E-state index in [0.29, 0.717) is 6.04 Å². The molecule has 2 aliphatic rings. The van der Waals surface area contributed by atoms with E-state index in [-0.39, 0.29) is 12.0 Å². The number of nitrogens with one attached hydrogen (secondary N) is 1. The highest BCUT2D eigenvalue weighted by Crippen LogP contribution is 2.49. The van der Waals surface area contributed by atoms with Crippen molar-refractivity contribution in [3.05, 3.63) is 0 Å². The van der Waals surface area contributed by atoms with Gasteiger partial charge in [0.25, 0.3) is 0 Å². The first kappa shape index (κ1) is 10.9. The largest absolute Gasteiger partial charge is 0.372 e. The Hall–Kier alpha value is -0.570. The van der Waals surface area contributed by atoms with Crippen LogP contribution < -0.4 is 5.32 Å². The molecule has 0 radical (unpaired) electrons. The molecule has 2 fully saturated rings. The van der Waals surface area contributed by atoms with Crippen LogP contribution in [0.25, 0.3) is 0 Å². The van der Waals surface area contributed by atoms with Gasteiger partial charge < -0.3 is 10.1 Å². The molecule has 2 saturated carbocycles. The van der Waals surface area contributed by atoms with Gasteiger partial charge in [-0.25, -0.2) is 0 Å². The number of carbonyl (C=O) groups excluding carboxylic acids is 1. The van der Waals surface area contributed by atoms with Crippen molar-refractivity contribution in [1.29, 1.82) is 0 Å². The van der Waals surface area contributed by atoms with E-state index in [1.807, 2.05) is 6.92 Å². The molecule has 2 rings (SSSR count). The first-order chi connectivity index (χ1) is 7.26. The molecule has 0 aromatic heterocycles. The number of hydrogen-bond donors (Lipinski definition) is 1. The van der Waals surface area contributed by atoms with Crippen LogP contribution in [0.1, 0.15) is 39.0 Å². The number of carbonyl (C=O) groups is 1. The van der Waals surface area contributed by atoms with Gasteiger partial charge in [-0.1, -0.05) is 19.8 Å². The predicted molar refractivity (Wildman–Crippen MR) is 58.5 cm³/mol. The predicted octanol–water partition coefficient (Wildman–Crippen LogP) is 1.72. The lowest BCUT2D eigenvalue weighted by molar-refractivity contribution is -0.132. The fourth-order valence-electron chi connectivity index (χ4n) is 2.82. The lowest BCUT2D eigenvalue weighted by Crippen LogP contribution is -2.44.